The number of hydrogen-bond donors (Lipinski definition) is 3. The highest BCUT2D eigenvalue weighted by Gasteiger charge is 2.16. The van der Waals surface area contributed by atoms with Crippen molar-refractivity contribution in [3.05, 3.63) is 29.3 Å². The molecule has 0 saturated carbocycles. The molecule has 0 heterocycles. The number of hydrogen-bond acceptors (Lipinski definition) is 4. The summed E-state index contributed by atoms with van der Waals surface area (Å²) in [6, 6.07) is 4.89. The number of rotatable bonds is 6. The van der Waals surface area contributed by atoms with Crippen molar-refractivity contribution in [2.45, 2.75) is 24.8 Å². The van der Waals surface area contributed by atoms with Crippen molar-refractivity contribution in [2.75, 3.05) is 6.54 Å². The summed E-state index contributed by atoms with van der Waals surface area (Å²) in [6.07, 6.45) is -0.0286. The Morgan fingerprint density at radius 2 is 2.06 bits per heavy atom. The SMILES string of the molecule is Cc1cc(CN)ccc1S(=O)(=O)NCCC(N)=O. The Bertz CT molecular complexity index is 540. The predicted molar refractivity (Wildman–Crippen MR) is 68.1 cm³/mol. The summed E-state index contributed by atoms with van der Waals surface area (Å²) < 4.78 is 26.2. The van der Waals surface area contributed by atoms with E-state index in [9.17, 15) is 13.2 Å². The van der Waals surface area contributed by atoms with Gasteiger partial charge in [-0.3, -0.25) is 4.79 Å². The van der Waals surface area contributed by atoms with Gasteiger partial charge in [0, 0.05) is 19.5 Å². The second kappa shape index (κ2) is 5.94. The first kappa shape index (κ1) is 14.6. The number of nitrogens with two attached hydrogens (primary N) is 2. The predicted octanol–water partition coefficient (Wildman–Crippen LogP) is -0.393. The summed E-state index contributed by atoms with van der Waals surface area (Å²) >= 11 is 0. The van der Waals surface area contributed by atoms with Gasteiger partial charge in [-0.15, -0.1) is 0 Å². The van der Waals surface area contributed by atoms with Crippen LogP contribution in [0.2, 0.25) is 0 Å². The quantitative estimate of drug-likeness (QED) is 0.653. The Kier molecular flexibility index (Phi) is 4.83. The minimum Gasteiger partial charge on any atom is -0.370 e. The molecule has 6 nitrogen and oxygen atoms in total. The summed E-state index contributed by atoms with van der Waals surface area (Å²) in [7, 11) is -3.61. The first-order valence-corrected chi connectivity index (χ1v) is 6.92. The largest absolute Gasteiger partial charge is 0.370 e. The third-order valence-electron chi connectivity index (χ3n) is 2.43. The summed E-state index contributed by atoms with van der Waals surface area (Å²) in [5, 5.41) is 0. The van der Waals surface area contributed by atoms with E-state index >= 15 is 0 Å². The van der Waals surface area contributed by atoms with E-state index in [0.717, 1.165) is 5.56 Å². The molecule has 0 aliphatic carbocycles. The van der Waals surface area contributed by atoms with Crippen LogP contribution in [-0.2, 0) is 21.4 Å². The van der Waals surface area contributed by atoms with Gasteiger partial charge in [-0.05, 0) is 24.1 Å². The van der Waals surface area contributed by atoms with Gasteiger partial charge in [0.1, 0.15) is 0 Å². The average Bonchev–Trinajstić information content (AvgIpc) is 2.27. The number of benzene rings is 1. The zero-order chi connectivity index (χ0) is 13.8. The maximum atomic E-state index is 11.9. The molecule has 0 spiro atoms. The Morgan fingerprint density at radius 1 is 1.39 bits per heavy atom. The molecule has 0 radical (unpaired) electrons. The van der Waals surface area contributed by atoms with Gasteiger partial charge in [0.25, 0.3) is 0 Å². The maximum Gasteiger partial charge on any atom is 0.240 e. The van der Waals surface area contributed by atoms with Gasteiger partial charge < -0.3 is 11.5 Å². The molecule has 0 fully saturated rings. The van der Waals surface area contributed by atoms with Crippen LogP contribution in [0.5, 0.6) is 0 Å². The lowest BCUT2D eigenvalue weighted by Crippen LogP contribution is -2.28. The Morgan fingerprint density at radius 3 is 2.56 bits per heavy atom. The Balaban J connectivity index is 2.88. The molecule has 0 aliphatic heterocycles. The normalized spacial score (nSPS) is 11.4. The molecule has 0 aliphatic rings. The lowest BCUT2D eigenvalue weighted by atomic mass is 10.1. The fourth-order valence-electron chi connectivity index (χ4n) is 1.53. The number of primary amides is 1. The van der Waals surface area contributed by atoms with E-state index in [4.69, 9.17) is 11.5 Å². The van der Waals surface area contributed by atoms with E-state index in [2.05, 4.69) is 4.72 Å². The van der Waals surface area contributed by atoms with Crippen LogP contribution in [-0.4, -0.2) is 20.9 Å². The van der Waals surface area contributed by atoms with Gasteiger partial charge in [-0.2, -0.15) is 0 Å². The fraction of sp³-hybridized carbons (Fsp3) is 0.364. The molecule has 0 bridgehead atoms. The highest BCUT2D eigenvalue weighted by Crippen LogP contribution is 2.16. The van der Waals surface area contributed by atoms with Gasteiger partial charge in [-0.25, -0.2) is 13.1 Å². The standard InChI is InChI=1S/C11H17N3O3S/c1-8-6-9(7-12)2-3-10(8)18(16,17)14-5-4-11(13)15/h2-3,6,14H,4-5,7,12H2,1H3,(H2,13,15). The van der Waals surface area contributed by atoms with Crippen molar-refractivity contribution in [1.29, 1.82) is 0 Å². The molecule has 5 N–H and O–H groups in total. The maximum absolute atomic E-state index is 11.9. The fourth-order valence-corrected chi connectivity index (χ4v) is 2.78. The number of sulfonamides is 1. The zero-order valence-corrected chi connectivity index (χ0v) is 11.0. The van der Waals surface area contributed by atoms with Gasteiger partial charge in [-0.1, -0.05) is 12.1 Å². The summed E-state index contributed by atoms with van der Waals surface area (Å²) in [6.45, 7) is 2.05. The third-order valence-corrected chi connectivity index (χ3v) is 4.05. The van der Waals surface area contributed by atoms with E-state index in [-0.39, 0.29) is 17.9 Å². The number of nitrogens with one attached hydrogen (secondary N) is 1. The Hall–Kier alpha value is -1.44. The minimum absolute atomic E-state index is 0.00422. The van der Waals surface area contributed by atoms with E-state index in [1.54, 1.807) is 19.1 Å². The molecular weight excluding hydrogens is 254 g/mol. The monoisotopic (exact) mass is 271 g/mol. The molecule has 0 aromatic heterocycles. The highest BCUT2D eigenvalue weighted by atomic mass is 32.2. The van der Waals surface area contributed by atoms with Gasteiger partial charge in [0.05, 0.1) is 4.90 Å². The molecule has 0 atom stereocenters. The Labute approximate surface area is 106 Å². The van der Waals surface area contributed by atoms with Crippen LogP contribution >= 0.6 is 0 Å². The second-order valence-corrected chi connectivity index (χ2v) is 5.65. The van der Waals surface area contributed by atoms with E-state index in [1.807, 2.05) is 0 Å². The summed E-state index contributed by atoms with van der Waals surface area (Å²) in [4.78, 5) is 10.7. The van der Waals surface area contributed by atoms with Crippen LogP contribution in [0, 0.1) is 6.92 Å². The topological polar surface area (TPSA) is 115 Å². The molecule has 0 unspecified atom stereocenters. The van der Waals surface area contributed by atoms with Crippen molar-refractivity contribution in [3.8, 4) is 0 Å². The minimum atomic E-state index is -3.61. The average molecular weight is 271 g/mol. The second-order valence-electron chi connectivity index (χ2n) is 3.92. The van der Waals surface area contributed by atoms with Crippen molar-refractivity contribution in [3.63, 3.8) is 0 Å². The first-order valence-electron chi connectivity index (χ1n) is 5.44. The highest BCUT2D eigenvalue weighted by molar-refractivity contribution is 7.89. The molecule has 0 saturated heterocycles. The number of carbonyl (C=O) groups excluding carboxylic acids is 1. The lowest BCUT2D eigenvalue weighted by Gasteiger charge is -2.09. The summed E-state index contributed by atoms with van der Waals surface area (Å²) in [5.74, 6) is -0.548. The van der Waals surface area contributed by atoms with Crippen LogP contribution in [0.3, 0.4) is 0 Å². The zero-order valence-electron chi connectivity index (χ0n) is 10.1. The van der Waals surface area contributed by atoms with Crippen molar-refractivity contribution in [2.24, 2.45) is 11.5 Å². The third kappa shape index (κ3) is 3.80. The molecule has 100 valence electrons. The van der Waals surface area contributed by atoms with Gasteiger partial charge in [0.15, 0.2) is 0 Å². The molecular formula is C11H17N3O3S. The van der Waals surface area contributed by atoms with Crippen molar-refractivity contribution in [1.82, 2.24) is 4.72 Å². The molecule has 1 aromatic carbocycles. The number of amides is 1. The van der Waals surface area contributed by atoms with Crippen molar-refractivity contribution < 1.29 is 13.2 Å². The van der Waals surface area contributed by atoms with E-state index in [0.29, 0.717) is 12.1 Å². The number of carbonyl (C=O) groups is 1. The van der Waals surface area contributed by atoms with Gasteiger partial charge in [0.2, 0.25) is 15.9 Å². The number of aryl methyl sites for hydroxylation is 1. The first-order chi connectivity index (χ1) is 8.36. The van der Waals surface area contributed by atoms with E-state index in [1.165, 1.54) is 6.07 Å². The van der Waals surface area contributed by atoms with Crippen LogP contribution in [0.25, 0.3) is 0 Å². The van der Waals surface area contributed by atoms with Gasteiger partial charge >= 0.3 is 0 Å². The lowest BCUT2D eigenvalue weighted by molar-refractivity contribution is -0.117. The van der Waals surface area contributed by atoms with Crippen LogP contribution in [0.1, 0.15) is 17.5 Å². The van der Waals surface area contributed by atoms with Crippen LogP contribution in [0.4, 0.5) is 0 Å². The molecule has 7 heteroatoms. The molecule has 1 amide bonds. The smallest absolute Gasteiger partial charge is 0.240 e. The summed E-state index contributed by atoms with van der Waals surface area (Å²) in [5.41, 5.74) is 11.9. The van der Waals surface area contributed by atoms with E-state index < -0.39 is 15.9 Å². The molecule has 1 aromatic rings. The molecule has 1 rings (SSSR count). The molecule has 18 heavy (non-hydrogen) atoms. The van der Waals surface area contributed by atoms with Crippen LogP contribution < -0.4 is 16.2 Å². The van der Waals surface area contributed by atoms with Crippen LogP contribution in [0.15, 0.2) is 23.1 Å². The van der Waals surface area contributed by atoms with Crippen molar-refractivity contribution >= 4 is 15.9 Å².